The number of hydrogen-bond acceptors (Lipinski definition) is 9. The summed E-state index contributed by atoms with van der Waals surface area (Å²) in [5, 5.41) is 32.9. The first-order valence-electron chi connectivity index (χ1n) is 35.9. The molecule has 0 aliphatic heterocycles. The third-order valence-electron chi connectivity index (χ3n) is 19.2. The van der Waals surface area contributed by atoms with Crippen LogP contribution in [0.15, 0.2) is 273 Å². The van der Waals surface area contributed by atoms with E-state index in [1.54, 1.807) is 0 Å². The lowest BCUT2D eigenvalue weighted by Crippen LogP contribution is -2.45. The van der Waals surface area contributed by atoms with Gasteiger partial charge in [-0.3, -0.25) is 16.0 Å². The number of unbranched alkanes of at least 4 members (excludes halogenated alkanes) is 10. The summed E-state index contributed by atoms with van der Waals surface area (Å²) in [6.07, 6.45) is 16.8. The maximum atomic E-state index is 10.4. The summed E-state index contributed by atoms with van der Waals surface area (Å²) in [4.78, 5) is 0. The lowest BCUT2D eigenvalue weighted by molar-refractivity contribution is -0.106. The quantitative estimate of drug-likeness (QED) is 0.0145. The van der Waals surface area contributed by atoms with E-state index in [0.717, 1.165) is 122 Å². The van der Waals surface area contributed by atoms with Crippen molar-refractivity contribution in [3.05, 3.63) is 323 Å². The van der Waals surface area contributed by atoms with Gasteiger partial charge in [0.15, 0.2) is 0 Å². The molecule has 0 bridgehead atoms. The minimum atomic E-state index is -0.464. The van der Waals surface area contributed by atoms with Gasteiger partial charge < -0.3 is 29.2 Å². The normalized spacial score (nSPS) is 12.9. The molecule has 0 saturated heterocycles. The highest BCUT2D eigenvalue weighted by Crippen LogP contribution is 2.40. The van der Waals surface area contributed by atoms with Gasteiger partial charge in [0.25, 0.3) is 0 Å². The predicted molar refractivity (Wildman–Crippen MR) is 394 cm³/mol. The molecule has 96 heavy (non-hydrogen) atoms. The smallest absolute Gasteiger partial charge is 0.146 e. The molecule has 0 amide bonds. The molecule has 0 heterocycles. The Hall–Kier alpha value is -7.38. The van der Waals surface area contributed by atoms with E-state index in [9.17, 15) is 10.2 Å². The Morgan fingerprint density at radius 1 is 0.229 bits per heavy atom. The van der Waals surface area contributed by atoms with Crippen molar-refractivity contribution in [1.82, 2.24) is 16.0 Å². The fourth-order valence-corrected chi connectivity index (χ4v) is 14.0. The highest BCUT2D eigenvalue weighted by atomic mass is 16.7. The summed E-state index contributed by atoms with van der Waals surface area (Å²) < 4.78 is 24.7. The highest BCUT2D eigenvalue weighted by molar-refractivity contribution is 5.52. The Morgan fingerprint density at radius 2 is 0.406 bits per heavy atom. The van der Waals surface area contributed by atoms with Crippen LogP contribution in [-0.4, -0.2) is 83.1 Å². The molecule has 2 atom stereocenters. The topological polar surface area (TPSA) is 113 Å². The van der Waals surface area contributed by atoms with Gasteiger partial charge in [0.1, 0.15) is 13.6 Å². The van der Waals surface area contributed by atoms with Gasteiger partial charge in [-0.05, 0) is 108 Å². The number of hydrogen-bond donors (Lipinski definition) is 5. The minimum Gasteiger partial charge on any atom is -0.396 e. The largest absolute Gasteiger partial charge is 0.396 e. The SMILES string of the molecule is OCC(CCCCCCNC(c1ccccc1)(c1ccccc1)c1ccccc1)COCOCC(CCCCCCCNC(c1ccccc1)(c1ccccc1)c1ccccc1)COCOCC(CO)CCCCCCNC(c1ccccc1)(c1ccccc1)c1ccccc1. The first-order valence-corrected chi connectivity index (χ1v) is 35.9. The number of ether oxygens (including phenoxy) is 4. The van der Waals surface area contributed by atoms with Gasteiger partial charge in [0, 0.05) is 31.0 Å². The number of nitrogens with one attached hydrogen (secondary N) is 3. The van der Waals surface area contributed by atoms with Gasteiger partial charge in [0.05, 0.1) is 43.0 Å². The molecular formula is C87H107N3O6. The van der Waals surface area contributed by atoms with Gasteiger partial charge in [-0.25, -0.2) is 0 Å². The number of benzene rings is 9. The molecule has 9 heteroatoms. The van der Waals surface area contributed by atoms with Crippen LogP contribution < -0.4 is 16.0 Å². The fourth-order valence-electron chi connectivity index (χ4n) is 14.0. The molecule has 0 aliphatic carbocycles. The van der Waals surface area contributed by atoms with Crippen LogP contribution in [0.2, 0.25) is 0 Å². The Morgan fingerprint density at radius 3 is 0.615 bits per heavy atom. The maximum absolute atomic E-state index is 10.4. The Balaban J connectivity index is 0.701. The Kier molecular flexibility index (Phi) is 31.6. The average molecular weight is 1290 g/mol. The molecule has 0 aromatic heterocycles. The molecule has 9 rings (SSSR count). The van der Waals surface area contributed by atoms with Crippen LogP contribution in [-0.2, 0) is 35.6 Å². The first-order chi connectivity index (χ1) is 47.6. The van der Waals surface area contributed by atoms with Crippen LogP contribution in [0.5, 0.6) is 0 Å². The lowest BCUT2D eigenvalue weighted by Gasteiger charge is -2.37. The second-order valence-electron chi connectivity index (χ2n) is 26.0. The van der Waals surface area contributed by atoms with Crippen molar-refractivity contribution in [2.24, 2.45) is 17.8 Å². The number of aliphatic hydroxyl groups is 2. The molecule has 0 spiro atoms. The van der Waals surface area contributed by atoms with Crippen LogP contribution in [0.3, 0.4) is 0 Å². The summed E-state index contributed by atoms with van der Waals surface area (Å²) in [5.41, 5.74) is 9.66. The van der Waals surface area contributed by atoms with Gasteiger partial charge in [-0.1, -0.05) is 337 Å². The molecule has 0 aliphatic rings. The molecule has 9 aromatic rings. The van der Waals surface area contributed by atoms with E-state index in [1.165, 1.54) is 50.1 Å². The van der Waals surface area contributed by atoms with Crippen LogP contribution in [0.4, 0.5) is 0 Å². The van der Waals surface area contributed by atoms with Crippen LogP contribution in [0, 0.1) is 17.8 Å². The van der Waals surface area contributed by atoms with Gasteiger partial charge >= 0.3 is 0 Å². The molecule has 2 unspecified atom stereocenters. The van der Waals surface area contributed by atoms with Crippen molar-refractivity contribution < 1.29 is 29.2 Å². The molecule has 0 saturated carbocycles. The van der Waals surface area contributed by atoms with E-state index in [-0.39, 0.29) is 44.6 Å². The van der Waals surface area contributed by atoms with Crippen molar-refractivity contribution in [2.75, 3.05) is 72.9 Å². The van der Waals surface area contributed by atoms with Crippen LogP contribution in [0.1, 0.15) is 153 Å². The fraction of sp³-hybridized carbons (Fsp3) is 0.379. The van der Waals surface area contributed by atoms with Crippen LogP contribution in [0.25, 0.3) is 0 Å². The minimum absolute atomic E-state index is 0.0584. The zero-order valence-electron chi connectivity index (χ0n) is 56.8. The summed E-state index contributed by atoms with van der Waals surface area (Å²) >= 11 is 0. The van der Waals surface area contributed by atoms with Crippen molar-refractivity contribution in [1.29, 1.82) is 0 Å². The van der Waals surface area contributed by atoms with Crippen molar-refractivity contribution >= 4 is 0 Å². The molecule has 5 N–H and O–H groups in total. The zero-order valence-corrected chi connectivity index (χ0v) is 56.8. The van der Waals surface area contributed by atoms with E-state index in [1.807, 2.05) is 0 Å². The summed E-state index contributed by atoms with van der Waals surface area (Å²) in [5.74, 6) is 0.288. The van der Waals surface area contributed by atoms with Crippen LogP contribution >= 0.6 is 0 Å². The van der Waals surface area contributed by atoms with E-state index >= 15 is 0 Å². The molecule has 0 fully saturated rings. The second-order valence-corrected chi connectivity index (χ2v) is 26.0. The second kappa shape index (κ2) is 41.7. The zero-order chi connectivity index (χ0) is 66.3. The predicted octanol–water partition coefficient (Wildman–Crippen LogP) is 17.8. The summed E-state index contributed by atoms with van der Waals surface area (Å²) in [6.45, 7) is 5.11. The number of rotatable bonds is 48. The maximum Gasteiger partial charge on any atom is 0.146 e. The Bertz CT molecular complexity index is 2940. The lowest BCUT2D eigenvalue weighted by atomic mass is 9.77. The van der Waals surface area contributed by atoms with Crippen molar-refractivity contribution in [3.63, 3.8) is 0 Å². The van der Waals surface area contributed by atoms with Gasteiger partial charge in [-0.2, -0.15) is 0 Å². The molecule has 9 aromatic carbocycles. The van der Waals surface area contributed by atoms with E-state index < -0.39 is 16.6 Å². The third-order valence-corrected chi connectivity index (χ3v) is 19.2. The van der Waals surface area contributed by atoms with Gasteiger partial charge in [-0.15, -0.1) is 0 Å². The third kappa shape index (κ3) is 21.3. The van der Waals surface area contributed by atoms with Crippen molar-refractivity contribution in [2.45, 2.75) is 119 Å². The highest BCUT2D eigenvalue weighted by Gasteiger charge is 2.38. The summed E-state index contributed by atoms with van der Waals surface area (Å²) in [6, 6.07) is 97.3. The van der Waals surface area contributed by atoms with Gasteiger partial charge in [0.2, 0.25) is 0 Å². The van der Waals surface area contributed by atoms with E-state index in [4.69, 9.17) is 18.9 Å². The number of aliphatic hydroxyl groups excluding tert-OH is 2. The molecule has 0 radical (unpaired) electrons. The monoisotopic (exact) mass is 1290 g/mol. The first kappa shape index (κ1) is 72.9. The summed E-state index contributed by atoms with van der Waals surface area (Å²) in [7, 11) is 0. The standard InChI is InChI=1S/C87H107N3O6/c91-65-73(41-17-3-6-39-63-89-86(79-50-26-11-27-51-79,80-52-28-12-29-53-80)81-54-30-13-31-55-81)67-93-71-95-69-75(43-19-2-1-5-38-62-88-85(76-44-20-8-21-45-76,77-46-22-9-23-47-77)78-48-24-10-25-49-78)70-96-72-94-68-74(66-92)42-18-4-7-40-64-90-87(82-56-32-14-33-57-82,83-58-34-15-35-59-83)84-60-36-16-37-61-84/h8-16,20-37,44-61,73-75,88-92H,1-7,17-19,38-43,62-72H2. The Labute approximate surface area is 575 Å². The molecule has 9 nitrogen and oxygen atoms in total. The average Bonchev–Trinajstić information content (AvgIpc) is 0.790. The van der Waals surface area contributed by atoms with E-state index in [0.29, 0.717) is 26.4 Å². The molecule has 506 valence electrons. The molecular weight excluding hydrogens is 1180 g/mol. The van der Waals surface area contributed by atoms with E-state index in [2.05, 4.69) is 289 Å². The van der Waals surface area contributed by atoms with Crippen molar-refractivity contribution in [3.8, 4) is 0 Å².